The Bertz CT molecular complexity index is 996. The maximum atomic E-state index is 13.2. The van der Waals surface area contributed by atoms with Crippen LogP contribution in [-0.2, 0) is 0 Å². The Morgan fingerprint density at radius 2 is 2.07 bits per heavy atom. The Morgan fingerprint density at radius 3 is 2.75 bits per heavy atom. The molecule has 7 heteroatoms. The highest BCUT2D eigenvalue weighted by atomic mass is 19.1. The van der Waals surface area contributed by atoms with Crippen molar-refractivity contribution in [1.82, 2.24) is 20.4 Å². The molecule has 0 bridgehead atoms. The number of hydrogen-bond donors (Lipinski definition) is 1. The quantitative estimate of drug-likeness (QED) is 0.677. The number of aryl methyl sites for hydroxylation is 1. The number of halogens is 1. The van der Waals surface area contributed by atoms with E-state index in [0.29, 0.717) is 46.2 Å². The number of hydrogen-bond acceptors (Lipinski definition) is 5. The fourth-order valence-electron chi connectivity index (χ4n) is 3.49. The first-order chi connectivity index (χ1) is 13.6. The zero-order chi connectivity index (χ0) is 19.7. The van der Waals surface area contributed by atoms with Gasteiger partial charge in [-0.15, -0.1) is 0 Å². The van der Waals surface area contributed by atoms with Crippen LogP contribution in [0.1, 0.15) is 35.8 Å². The second-order valence-corrected chi connectivity index (χ2v) is 7.13. The summed E-state index contributed by atoms with van der Waals surface area (Å²) in [6.45, 7) is 6.31. The van der Waals surface area contributed by atoms with E-state index < -0.39 is 0 Å². The highest BCUT2D eigenvalue weighted by Crippen LogP contribution is 2.28. The molecule has 1 amide bonds. The average Bonchev–Trinajstić information content (AvgIpc) is 3.48. The molecule has 0 spiro atoms. The molecule has 1 fully saturated rings. The molecule has 1 aromatic carbocycles. The Balaban J connectivity index is 1.59. The molecule has 0 unspecified atom stereocenters. The molecule has 146 valence electrons. The maximum absolute atomic E-state index is 13.2. The molecule has 3 aromatic rings. The van der Waals surface area contributed by atoms with Crippen molar-refractivity contribution in [3.8, 4) is 11.3 Å². The van der Waals surface area contributed by atoms with Crippen molar-refractivity contribution in [3.05, 3.63) is 47.4 Å². The van der Waals surface area contributed by atoms with Crippen molar-refractivity contribution in [2.75, 3.05) is 19.6 Å². The summed E-state index contributed by atoms with van der Waals surface area (Å²) in [5.74, 6) is -0.511. The van der Waals surface area contributed by atoms with Crippen molar-refractivity contribution in [2.24, 2.45) is 0 Å². The molecule has 1 aliphatic rings. The molecule has 1 saturated carbocycles. The molecule has 2 aromatic heterocycles. The summed E-state index contributed by atoms with van der Waals surface area (Å²) >= 11 is 0. The van der Waals surface area contributed by atoms with Crippen LogP contribution in [0, 0.1) is 12.7 Å². The van der Waals surface area contributed by atoms with Crippen molar-refractivity contribution >= 4 is 17.0 Å². The number of nitrogens with zero attached hydrogens (tertiary/aromatic N) is 3. The number of likely N-dealkylation sites (N-methyl/N-ethyl adjacent to an activating group) is 1. The summed E-state index contributed by atoms with van der Waals surface area (Å²) in [6, 6.07) is 8.37. The van der Waals surface area contributed by atoms with Crippen LogP contribution in [0.2, 0.25) is 0 Å². The Hall–Kier alpha value is -2.80. The first-order valence-corrected chi connectivity index (χ1v) is 9.62. The summed E-state index contributed by atoms with van der Waals surface area (Å²) in [4.78, 5) is 19.8. The lowest BCUT2D eigenvalue weighted by Gasteiger charge is -2.19. The highest BCUT2D eigenvalue weighted by Gasteiger charge is 2.27. The van der Waals surface area contributed by atoms with Gasteiger partial charge in [-0.3, -0.25) is 9.69 Å². The molecule has 1 N–H and O–H groups in total. The van der Waals surface area contributed by atoms with E-state index in [1.54, 1.807) is 25.1 Å². The molecule has 0 aliphatic heterocycles. The van der Waals surface area contributed by atoms with Crippen LogP contribution in [0.3, 0.4) is 0 Å². The molecule has 6 nitrogen and oxygen atoms in total. The van der Waals surface area contributed by atoms with Crippen LogP contribution in [0.15, 0.2) is 34.9 Å². The van der Waals surface area contributed by atoms with Gasteiger partial charge in [-0.05, 0) is 56.6 Å². The van der Waals surface area contributed by atoms with Gasteiger partial charge in [0, 0.05) is 24.7 Å². The average molecular weight is 382 g/mol. The van der Waals surface area contributed by atoms with Gasteiger partial charge in [0.1, 0.15) is 5.82 Å². The first kappa shape index (κ1) is 18.6. The van der Waals surface area contributed by atoms with Gasteiger partial charge < -0.3 is 9.84 Å². The van der Waals surface area contributed by atoms with Crippen LogP contribution in [0.25, 0.3) is 22.4 Å². The third-order valence-electron chi connectivity index (χ3n) is 5.16. The molecule has 1 aliphatic carbocycles. The second kappa shape index (κ2) is 7.67. The lowest BCUT2D eigenvalue weighted by Crippen LogP contribution is -2.36. The van der Waals surface area contributed by atoms with Crippen molar-refractivity contribution < 1.29 is 13.7 Å². The summed E-state index contributed by atoms with van der Waals surface area (Å²) < 4.78 is 18.5. The minimum Gasteiger partial charge on any atom is -0.351 e. The number of benzene rings is 1. The highest BCUT2D eigenvalue weighted by molar-refractivity contribution is 6.07. The fourth-order valence-corrected chi connectivity index (χ4v) is 3.49. The fraction of sp³-hybridized carbons (Fsp3) is 0.381. The lowest BCUT2D eigenvalue weighted by atomic mass is 10.1. The number of nitrogens with one attached hydrogen (secondary N) is 1. The smallest absolute Gasteiger partial charge is 0.259 e. The van der Waals surface area contributed by atoms with Crippen molar-refractivity contribution in [2.45, 2.75) is 32.7 Å². The number of amides is 1. The van der Waals surface area contributed by atoms with Gasteiger partial charge in [0.25, 0.3) is 11.6 Å². The third-order valence-corrected chi connectivity index (χ3v) is 5.16. The molecule has 0 saturated heterocycles. The van der Waals surface area contributed by atoms with Gasteiger partial charge in [-0.2, -0.15) is 0 Å². The third kappa shape index (κ3) is 3.75. The van der Waals surface area contributed by atoms with Gasteiger partial charge in [-0.1, -0.05) is 12.1 Å². The van der Waals surface area contributed by atoms with E-state index in [9.17, 15) is 9.18 Å². The second-order valence-electron chi connectivity index (χ2n) is 7.13. The van der Waals surface area contributed by atoms with Crippen molar-refractivity contribution in [1.29, 1.82) is 0 Å². The van der Waals surface area contributed by atoms with E-state index in [4.69, 9.17) is 4.52 Å². The van der Waals surface area contributed by atoms with Crippen LogP contribution in [0.5, 0.6) is 0 Å². The number of fused-ring (bicyclic) bond motifs is 1. The van der Waals surface area contributed by atoms with Gasteiger partial charge >= 0.3 is 0 Å². The molecule has 2 heterocycles. The lowest BCUT2D eigenvalue weighted by molar-refractivity contribution is 0.0949. The Morgan fingerprint density at radius 1 is 1.32 bits per heavy atom. The van der Waals surface area contributed by atoms with Crippen LogP contribution < -0.4 is 5.32 Å². The number of carbonyl (C=O) groups is 1. The van der Waals surface area contributed by atoms with E-state index in [0.717, 1.165) is 13.1 Å². The van der Waals surface area contributed by atoms with E-state index in [1.807, 2.05) is 0 Å². The summed E-state index contributed by atoms with van der Waals surface area (Å²) in [7, 11) is 0. The number of rotatable bonds is 7. The normalized spacial score (nSPS) is 14.0. The Labute approximate surface area is 162 Å². The van der Waals surface area contributed by atoms with E-state index in [2.05, 4.69) is 27.3 Å². The van der Waals surface area contributed by atoms with Gasteiger partial charge in [-0.25, -0.2) is 9.37 Å². The molecule has 4 rings (SSSR count). The first-order valence-electron chi connectivity index (χ1n) is 9.62. The van der Waals surface area contributed by atoms with Gasteiger partial charge in [0.15, 0.2) is 0 Å². The zero-order valence-electron chi connectivity index (χ0n) is 16.0. The van der Waals surface area contributed by atoms with Crippen LogP contribution in [0.4, 0.5) is 4.39 Å². The molecule has 28 heavy (non-hydrogen) atoms. The maximum Gasteiger partial charge on any atom is 0.259 e. The number of carbonyl (C=O) groups excluding carboxylic acids is 1. The standard InChI is InChI=1S/C21H23FN4O2/c1-3-26(16-8-9-16)11-10-23-20(27)17-12-18(14-4-6-15(22)7-5-14)24-21-19(17)13(2)25-28-21/h4-7,12,16H,3,8-11H2,1-2H3,(H,23,27). The molecule has 0 atom stereocenters. The SMILES string of the molecule is CCN(CCNC(=O)c1cc(-c2ccc(F)cc2)nc2onc(C)c12)C1CC1. The molecular weight excluding hydrogens is 359 g/mol. The monoisotopic (exact) mass is 382 g/mol. The zero-order valence-corrected chi connectivity index (χ0v) is 16.0. The van der Waals surface area contributed by atoms with Crippen LogP contribution >= 0.6 is 0 Å². The predicted molar refractivity (Wildman–Crippen MR) is 105 cm³/mol. The molecule has 0 radical (unpaired) electrons. The van der Waals surface area contributed by atoms with E-state index >= 15 is 0 Å². The number of aromatic nitrogens is 2. The summed E-state index contributed by atoms with van der Waals surface area (Å²) in [6.07, 6.45) is 2.49. The van der Waals surface area contributed by atoms with E-state index in [-0.39, 0.29) is 11.7 Å². The minimum atomic E-state index is -0.325. The predicted octanol–water partition coefficient (Wildman–Crippen LogP) is 3.55. The molecular formula is C21H23FN4O2. The number of pyridine rings is 1. The van der Waals surface area contributed by atoms with Gasteiger partial charge in [0.2, 0.25) is 0 Å². The van der Waals surface area contributed by atoms with Crippen molar-refractivity contribution in [3.63, 3.8) is 0 Å². The van der Waals surface area contributed by atoms with Gasteiger partial charge in [0.05, 0.1) is 22.3 Å². The summed E-state index contributed by atoms with van der Waals surface area (Å²) in [5, 5.41) is 7.57. The van der Waals surface area contributed by atoms with E-state index in [1.165, 1.54) is 25.0 Å². The minimum absolute atomic E-state index is 0.186. The van der Waals surface area contributed by atoms with Crippen LogP contribution in [-0.4, -0.2) is 46.6 Å². The summed E-state index contributed by atoms with van der Waals surface area (Å²) in [5.41, 5.74) is 2.64. The Kier molecular flexibility index (Phi) is 5.09. The topological polar surface area (TPSA) is 71.3 Å². The largest absolute Gasteiger partial charge is 0.351 e.